The summed E-state index contributed by atoms with van der Waals surface area (Å²) >= 11 is 0. The van der Waals surface area contributed by atoms with E-state index in [1.54, 1.807) is 24.3 Å². The first kappa shape index (κ1) is 15.7. The molecule has 0 saturated heterocycles. The summed E-state index contributed by atoms with van der Waals surface area (Å²) in [5.74, 6) is -0.903. The SMILES string of the molecule is NCCCNC(=O)CNC(=O)c1c[nH]c2ccccc2c1=O. The highest BCUT2D eigenvalue weighted by molar-refractivity contribution is 5.98. The summed E-state index contributed by atoms with van der Waals surface area (Å²) in [6.45, 7) is 0.760. The van der Waals surface area contributed by atoms with Gasteiger partial charge in [-0.25, -0.2) is 0 Å². The van der Waals surface area contributed by atoms with Gasteiger partial charge < -0.3 is 21.4 Å². The van der Waals surface area contributed by atoms with Gasteiger partial charge in [-0.15, -0.1) is 0 Å². The molecule has 5 N–H and O–H groups in total. The molecule has 1 aromatic heterocycles. The number of benzene rings is 1. The van der Waals surface area contributed by atoms with Crippen molar-refractivity contribution in [2.45, 2.75) is 6.42 Å². The molecule has 0 radical (unpaired) electrons. The first-order chi connectivity index (χ1) is 10.6. The van der Waals surface area contributed by atoms with E-state index >= 15 is 0 Å². The van der Waals surface area contributed by atoms with Crippen LogP contribution in [0.2, 0.25) is 0 Å². The monoisotopic (exact) mass is 302 g/mol. The fraction of sp³-hybridized carbons (Fsp3) is 0.267. The summed E-state index contributed by atoms with van der Waals surface area (Å²) in [5, 5.41) is 5.48. The normalized spacial score (nSPS) is 10.4. The third kappa shape index (κ3) is 3.70. The van der Waals surface area contributed by atoms with Gasteiger partial charge in [-0.3, -0.25) is 14.4 Å². The fourth-order valence-electron chi connectivity index (χ4n) is 1.98. The molecule has 0 aliphatic rings. The maximum Gasteiger partial charge on any atom is 0.257 e. The molecule has 2 aromatic rings. The highest BCUT2D eigenvalue weighted by atomic mass is 16.2. The number of aromatic amines is 1. The molecule has 0 fully saturated rings. The van der Waals surface area contributed by atoms with E-state index < -0.39 is 5.91 Å². The Balaban J connectivity index is 2.03. The van der Waals surface area contributed by atoms with Gasteiger partial charge in [0.25, 0.3) is 5.91 Å². The number of hydrogen-bond acceptors (Lipinski definition) is 4. The second kappa shape index (κ2) is 7.37. The van der Waals surface area contributed by atoms with Gasteiger partial charge in [0.1, 0.15) is 5.56 Å². The Morgan fingerprint density at radius 2 is 1.95 bits per heavy atom. The van der Waals surface area contributed by atoms with Crippen LogP contribution in [0, 0.1) is 0 Å². The van der Waals surface area contributed by atoms with Crippen LogP contribution in [0.25, 0.3) is 10.9 Å². The number of fused-ring (bicyclic) bond motifs is 1. The lowest BCUT2D eigenvalue weighted by atomic mass is 10.1. The van der Waals surface area contributed by atoms with Crippen LogP contribution >= 0.6 is 0 Å². The number of amides is 2. The van der Waals surface area contributed by atoms with Crippen LogP contribution in [-0.2, 0) is 4.79 Å². The average Bonchev–Trinajstić information content (AvgIpc) is 2.53. The van der Waals surface area contributed by atoms with Crippen LogP contribution in [0.15, 0.2) is 35.3 Å². The van der Waals surface area contributed by atoms with Gasteiger partial charge in [-0.2, -0.15) is 0 Å². The molecule has 2 rings (SSSR count). The second-order valence-corrected chi connectivity index (χ2v) is 4.75. The number of hydrogen-bond donors (Lipinski definition) is 4. The number of H-pyrrole nitrogens is 1. The largest absolute Gasteiger partial charge is 0.360 e. The van der Waals surface area contributed by atoms with Gasteiger partial charge in [-0.1, -0.05) is 12.1 Å². The van der Waals surface area contributed by atoms with E-state index in [4.69, 9.17) is 5.73 Å². The molecule has 0 unspecified atom stereocenters. The predicted octanol–water partition coefficient (Wildman–Crippen LogP) is -0.277. The summed E-state index contributed by atoms with van der Waals surface area (Å²) < 4.78 is 0. The third-order valence-corrected chi connectivity index (χ3v) is 3.15. The Bertz CT molecular complexity index is 739. The molecule has 1 aromatic carbocycles. The zero-order valence-corrected chi connectivity index (χ0v) is 12.0. The van der Waals surface area contributed by atoms with Crippen LogP contribution in [-0.4, -0.2) is 36.4 Å². The molecule has 116 valence electrons. The summed E-state index contributed by atoms with van der Waals surface area (Å²) in [6, 6.07) is 6.92. The standard InChI is InChI=1S/C15H18N4O3/c16-6-3-7-17-13(20)9-19-15(22)11-8-18-12-5-2-1-4-10(12)14(11)21/h1-2,4-5,8H,3,6-7,9,16H2,(H,17,20)(H,18,21)(H,19,22). The number of para-hydroxylation sites is 1. The Kier molecular flexibility index (Phi) is 5.26. The van der Waals surface area contributed by atoms with Gasteiger partial charge in [0, 0.05) is 23.6 Å². The van der Waals surface area contributed by atoms with Crippen molar-refractivity contribution in [2.75, 3.05) is 19.6 Å². The van der Waals surface area contributed by atoms with Crippen molar-refractivity contribution in [3.8, 4) is 0 Å². The highest BCUT2D eigenvalue weighted by Crippen LogP contribution is 2.06. The number of carbonyl (C=O) groups excluding carboxylic acids is 2. The maximum absolute atomic E-state index is 12.2. The lowest BCUT2D eigenvalue weighted by Crippen LogP contribution is -2.39. The van der Waals surface area contributed by atoms with E-state index in [1.807, 2.05) is 0 Å². The third-order valence-electron chi connectivity index (χ3n) is 3.15. The first-order valence-corrected chi connectivity index (χ1v) is 6.99. The first-order valence-electron chi connectivity index (χ1n) is 6.99. The number of nitrogens with two attached hydrogens (primary N) is 1. The van der Waals surface area contributed by atoms with Crippen molar-refractivity contribution in [1.29, 1.82) is 0 Å². The quantitative estimate of drug-likeness (QED) is 0.549. The minimum absolute atomic E-state index is 0.0199. The zero-order chi connectivity index (χ0) is 15.9. The van der Waals surface area contributed by atoms with Crippen molar-refractivity contribution >= 4 is 22.7 Å². The molecule has 0 atom stereocenters. The van der Waals surface area contributed by atoms with Crippen molar-refractivity contribution < 1.29 is 9.59 Å². The zero-order valence-electron chi connectivity index (χ0n) is 12.0. The molecule has 0 saturated carbocycles. The van der Waals surface area contributed by atoms with Crippen LogP contribution in [0.1, 0.15) is 16.8 Å². The number of aromatic nitrogens is 1. The molecule has 7 heteroatoms. The molecule has 22 heavy (non-hydrogen) atoms. The van der Waals surface area contributed by atoms with E-state index in [0.29, 0.717) is 30.4 Å². The number of carbonyl (C=O) groups is 2. The minimum Gasteiger partial charge on any atom is -0.360 e. The number of pyridine rings is 1. The number of nitrogens with one attached hydrogen (secondary N) is 3. The second-order valence-electron chi connectivity index (χ2n) is 4.75. The Hall–Kier alpha value is -2.67. The fourth-order valence-corrected chi connectivity index (χ4v) is 1.98. The van der Waals surface area contributed by atoms with Gasteiger partial charge in [0.2, 0.25) is 11.3 Å². The predicted molar refractivity (Wildman–Crippen MR) is 83.6 cm³/mol. The van der Waals surface area contributed by atoms with Crippen molar-refractivity contribution in [2.24, 2.45) is 5.73 Å². The summed E-state index contributed by atoms with van der Waals surface area (Å²) in [6.07, 6.45) is 2.02. The van der Waals surface area contributed by atoms with Crippen molar-refractivity contribution in [3.05, 3.63) is 46.2 Å². The minimum atomic E-state index is -0.582. The van der Waals surface area contributed by atoms with E-state index in [9.17, 15) is 14.4 Å². The molecule has 7 nitrogen and oxygen atoms in total. The van der Waals surface area contributed by atoms with Gasteiger partial charge in [-0.05, 0) is 25.1 Å². The maximum atomic E-state index is 12.2. The van der Waals surface area contributed by atoms with E-state index in [1.165, 1.54) is 6.20 Å². The number of rotatable bonds is 6. The Morgan fingerprint density at radius 3 is 2.73 bits per heavy atom. The van der Waals surface area contributed by atoms with Gasteiger partial charge in [0.05, 0.1) is 6.54 Å². The van der Waals surface area contributed by atoms with Gasteiger partial charge >= 0.3 is 0 Å². The molecule has 2 amide bonds. The van der Waals surface area contributed by atoms with Crippen LogP contribution < -0.4 is 21.8 Å². The van der Waals surface area contributed by atoms with Crippen molar-refractivity contribution in [3.63, 3.8) is 0 Å². The Morgan fingerprint density at radius 1 is 1.18 bits per heavy atom. The molecular weight excluding hydrogens is 284 g/mol. The summed E-state index contributed by atoms with van der Waals surface area (Å²) in [5.41, 5.74) is 5.59. The Labute approximate surface area is 126 Å². The van der Waals surface area contributed by atoms with Crippen LogP contribution in [0.5, 0.6) is 0 Å². The molecule has 0 aliphatic heterocycles. The molecule has 0 bridgehead atoms. The highest BCUT2D eigenvalue weighted by Gasteiger charge is 2.13. The summed E-state index contributed by atoms with van der Waals surface area (Å²) in [4.78, 5) is 38.6. The van der Waals surface area contributed by atoms with E-state index in [-0.39, 0.29) is 23.4 Å². The molecule has 0 spiro atoms. The average molecular weight is 302 g/mol. The smallest absolute Gasteiger partial charge is 0.257 e. The molecular formula is C15H18N4O3. The van der Waals surface area contributed by atoms with E-state index in [0.717, 1.165) is 0 Å². The lowest BCUT2D eigenvalue weighted by molar-refractivity contribution is -0.120. The van der Waals surface area contributed by atoms with Crippen molar-refractivity contribution in [1.82, 2.24) is 15.6 Å². The molecule has 0 aliphatic carbocycles. The summed E-state index contributed by atoms with van der Waals surface area (Å²) in [7, 11) is 0. The lowest BCUT2D eigenvalue weighted by Gasteiger charge is -2.07. The molecule has 1 heterocycles. The van der Waals surface area contributed by atoms with E-state index in [2.05, 4.69) is 15.6 Å². The van der Waals surface area contributed by atoms with Gasteiger partial charge in [0.15, 0.2) is 0 Å². The van der Waals surface area contributed by atoms with Crippen LogP contribution in [0.4, 0.5) is 0 Å². The van der Waals surface area contributed by atoms with Crippen LogP contribution in [0.3, 0.4) is 0 Å². The topological polar surface area (TPSA) is 117 Å².